The molecule has 0 aliphatic heterocycles. The number of likely N-dealkylation sites (N-methyl/N-ethyl adjacent to an activating group) is 1. The van der Waals surface area contributed by atoms with Crippen molar-refractivity contribution in [1.29, 1.82) is 0 Å². The standard InChI is InChI=1S/C8H19N2O/c1-3-10(4-2)6-8-11-7-5-9/h9H,3-8H2,1-2H3. The van der Waals surface area contributed by atoms with Gasteiger partial charge in [0.1, 0.15) is 0 Å². The smallest absolute Gasteiger partial charge is 0.0605 e. The maximum atomic E-state index is 6.84. The van der Waals surface area contributed by atoms with E-state index in [1.165, 1.54) is 0 Å². The van der Waals surface area contributed by atoms with E-state index in [-0.39, 0.29) is 0 Å². The van der Waals surface area contributed by atoms with Crippen LogP contribution >= 0.6 is 0 Å². The second kappa shape index (κ2) is 7.98. The van der Waals surface area contributed by atoms with Crippen LogP contribution in [0.1, 0.15) is 13.8 Å². The summed E-state index contributed by atoms with van der Waals surface area (Å²) < 4.78 is 5.19. The third-order valence-electron chi connectivity index (χ3n) is 1.69. The molecular formula is C8H19N2O. The molecule has 67 valence electrons. The lowest BCUT2D eigenvalue weighted by atomic mass is 10.5. The number of rotatable bonds is 7. The molecule has 0 aliphatic rings. The van der Waals surface area contributed by atoms with Gasteiger partial charge in [-0.25, -0.2) is 0 Å². The molecular weight excluding hydrogens is 140 g/mol. The number of hydrogen-bond donors (Lipinski definition) is 0. The summed E-state index contributed by atoms with van der Waals surface area (Å²) in [6, 6.07) is 0. The summed E-state index contributed by atoms with van der Waals surface area (Å²) in [6.45, 7) is 9.16. The molecule has 0 rings (SSSR count). The van der Waals surface area contributed by atoms with Crippen molar-refractivity contribution in [3.8, 4) is 0 Å². The minimum Gasteiger partial charge on any atom is -0.379 e. The second-order valence-electron chi connectivity index (χ2n) is 2.39. The van der Waals surface area contributed by atoms with Crippen LogP contribution in [0.4, 0.5) is 0 Å². The SMILES string of the molecule is CCN(CC)CCOCC[NH]. The second-order valence-corrected chi connectivity index (χ2v) is 2.39. The minimum absolute atomic E-state index is 0.373. The normalized spacial score (nSPS) is 10.9. The number of nitrogens with one attached hydrogen (secondary N) is 1. The largest absolute Gasteiger partial charge is 0.379 e. The Labute approximate surface area is 69.5 Å². The Morgan fingerprint density at radius 1 is 1.18 bits per heavy atom. The van der Waals surface area contributed by atoms with Gasteiger partial charge in [0.2, 0.25) is 0 Å². The molecule has 0 heterocycles. The number of nitrogens with zero attached hydrogens (tertiary/aromatic N) is 1. The molecule has 0 unspecified atom stereocenters. The van der Waals surface area contributed by atoms with Gasteiger partial charge in [-0.3, -0.25) is 5.73 Å². The van der Waals surface area contributed by atoms with Crippen molar-refractivity contribution in [2.75, 3.05) is 39.4 Å². The van der Waals surface area contributed by atoms with E-state index < -0.39 is 0 Å². The molecule has 0 aromatic heterocycles. The molecule has 0 saturated heterocycles. The fraction of sp³-hybridized carbons (Fsp3) is 1.00. The van der Waals surface area contributed by atoms with Crippen LogP contribution in [0.2, 0.25) is 0 Å². The Kier molecular flexibility index (Phi) is 7.89. The van der Waals surface area contributed by atoms with Gasteiger partial charge in [-0.1, -0.05) is 13.8 Å². The first kappa shape index (κ1) is 10.9. The van der Waals surface area contributed by atoms with Gasteiger partial charge in [0.15, 0.2) is 0 Å². The van der Waals surface area contributed by atoms with Crippen LogP contribution in [0.3, 0.4) is 0 Å². The van der Waals surface area contributed by atoms with Crippen molar-refractivity contribution in [2.45, 2.75) is 13.8 Å². The molecule has 0 aromatic rings. The average Bonchev–Trinajstić information content (AvgIpc) is 2.05. The fourth-order valence-electron chi connectivity index (χ4n) is 0.908. The van der Waals surface area contributed by atoms with Gasteiger partial charge in [0.05, 0.1) is 13.2 Å². The van der Waals surface area contributed by atoms with Gasteiger partial charge in [0.25, 0.3) is 0 Å². The average molecular weight is 159 g/mol. The molecule has 0 spiro atoms. The maximum Gasteiger partial charge on any atom is 0.0605 e. The molecule has 1 N–H and O–H groups in total. The lowest BCUT2D eigenvalue weighted by Gasteiger charge is -2.17. The van der Waals surface area contributed by atoms with Crippen LogP contribution in [0.25, 0.3) is 0 Å². The Morgan fingerprint density at radius 3 is 2.27 bits per heavy atom. The van der Waals surface area contributed by atoms with E-state index in [1.807, 2.05) is 0 Å². The van der Waals surface area contributed by atoms with E-state index in [0.717, 1.165) is 26.2 Å². The highest BCUT2D eigenvalue weighted by atomic mass is 16.5. The molecule has 1 radical (unpaired) electrons. The summed E-state index contributed by atoms with van der Waals surface area (Å²) in [5.74, 6) is 0. The highest BCUT2D eigenvalue weighted by molar-refractivity contribution is 4.49. The van der Waals surface area contributed by atoms with Gasteiger partial charge in [0, 0.05) is 13.1 Å². The van der Waals surface area contributed by atoms with E-state index in [2.05, 4.69) is 18.7 Å². The summed E-state index contributed by atoms with van der Waals surface area (Å²) >= 11 is 0. The van der Waals surface area contributed by atoms with Crippen molar-refractivity contribution in [3.05, 3.63) is 0 Å². The predicted molar refractivity (Wildman–Crippen MR) is 46.6 cm³/mol. The van der Waals surface area contributed by atoms with Crippen molar-refractivity contribution in [2.24, 2.45) is 0 Å². The molecule has 0 saturated carbocycles. The first-order valence-electron chi connectivity index (χ1n) is 4.29. The van der Waals surface area contributed by atoms with E-state index in [0.29, 0.717) is 13.2 Å². The van der Waals surface area contributed by atoms with Crippen LogP contribution < -0.4 is 5.73 Å². The highest BCUT2D eigenvalue weighted by Crippen LogP contribution is 1.86. The van der Waals surface area contributed by atoms with Crippen molar-refractivity contribution in [3.63, 3.8) is 0 Å². The van der Waals surface area contributed by atoms with Gasteiger partial charge >= 0.3 is 0 Å². The molecule has 3 heteroatoms. The maximum absolute atomic E-state index is 6.84. The van der Waals surface area contributed by atoms with Crippen LogP contribution in [-0.4, -0.2) is 44.3 Å². The van der Waals surface area contributed by atoms with Crippen LogP contribution in [-0.2, 0) is 4.74 Å². The van der Waals surface area contributed by atoms with Crippen LogP contribution in [0, 0.1) is 0 Å². The van der Waals surface area contributed by atoms with Crippen molar-refractivity contribution >= 4 is 0 Å². The Bertz CT molecular complexity index is 74.5. The van der Waals surface area contributed by atoms with Crippen molar-refractivity contribution in [1.82, 2.24) is 10.6 Å². The number of ether oxygens (including phenoxy) is 1. The predicted octanol–water partition coefficient (Wildman–Crippen LogP) is 0.628. The minimum atomic E-state index is 0.373. The van der Waals surface area contributed by atoms with Crippen LogP contribution in [0.15, 0.2) is 0 Å². The van der Waals surface area contributed by atoms with E-state index in [9.17, 15) is 0 Å². The first-order valence-corrected chi connectivity index (χ1v) is 4.29. The summed E-state index contributed by atoms with van der Waals surface area (Å²) in [4.78, 5) is 2.31. The Balaban J connectivity index is 3.07. The highest BCUT2D eigenvalue weighted by Gasteiger charge is 1.96. The van der Waals surface area contributed by atoms with Crippen LogP contribution in [0.5, 0.6) is 0 Å². The van der Waals surface area contributed by atoms with E-state index in [4.69, 9.17) is 10.5 Å². The summed E-state index contributed by atoms with van der Waals surface area (Å²) in [7, 11) is 0. The molecule has 0 aliphatic carbocycles. The van der Waals surface area contributed by atoms with Gasteiger partial charge in [-0.15, -0.1) is 0 Å². The summed E-state index contributed by atoms with van der Waals surface area (Å²) in [5.41, 5.74) is 6.84. The molecule has 3 nitrogen and oxygen atoms in total. The molecule has 0 bridgehead atoms. The van der Waals surface area contributed by atoms with Gasteiger partial charge < -0.3 is 9.64 Å². The molecule has 0 amide bonds. The monoisotopic (exact) mass is 159 g/mol. The third kappa shape index (κ3) is 6.28. The zero-order valence-electron chi connectivity index (χ0n) is 7.60. The molecule has 0 atom stereocenters. The van der Waals surface area contributed by atoms with E-state index in [1.54, 1.807) is 0 Å². The molecule has 11 heavy (non-hydrogen) atoms. The zero-order chi connectivity index (χ0) is 8.53. The fourth-order valence-corrected chi connectivity index (χ4v) is 0.908. The summed E-state index contributed by atoms with van der Waals surface area (Å²) in [5, 5.41) is 0. The van der Waals surface area contributed by atoms with Gasteiger partial charge in [-0.2, -0.15) is 0 Å². The molecule has 0 aromatic carbocycles. The lowest BCUT2D eigenvalue weighted by molar-refractivity contribution is 0.112. The quantitative estimate of drug-likeness (QED) is 0.511. The number of hydrogen-bond acceptors (Lipinski definition) is 2. The third-order valence-corrected chi connectivity index (χ3v) is 1.69. The van der Waals surface area contributed by atoms with Crippen molar-refractivity contribution < 1.29 is 4.74 Å². The topological polar surface area (TPSA) is 36.3 Å². The zero-order valence-corrected chi connectivity index (χ0v) is 7.60. The van der Waals surface area contributed by atoms with Gasteiger partial charge in [-0.05, 0) is 13.1 Å². The molecule has 0 fully saturated rings. The summed E-state index contributed by atoms with van der Waals surface area (Å²) in [6.07, 6.45) is 0. The Morgan fingerprint density at radius 2 is 1.82 bits per heavy atom. The lowest BCUT2D eigenvalue weighted by Crippen LogP contribution is -2.27. The Hall–Kier alpha value is -0.120. The first-order chi connectivity index (χ1) is 5.35. The van der Waals surface area contributed by atoms with E-state index >= 15 is 0 Å².